The molecule has 1 amide bonds. The van der Waals surface area contributed by atoms with Gasteiger partial charge in [-0.25, -0.2) is 14.6 Å². The van der Waals surface area contributed by atoms with Crippen LogP contribution in [-0.4, -0.2) is 27.8 Å². The number of fused-ring (bicyclic) bond motifs is 1. The van der Waals surface area contributed by atoms with Crippen LogP contribution in [0.5, 0.6) is 0 Å². The molecule has 0 fully saturated rings. The normalized spacial score (nSPS) is 11.1. The molecule has 2 rings (SSSR count). The SMILES string of the molecule is CC(C)(C)OC(=O)Nc1ccc2ccc(C(=O)O)cc2nc1=O. The molecule has 1 aromatic carbocycles. The number of carbonyl (C=O) groups excluding carboxylic acids is 1. The molecule has 0 aliphatic rings. The number of rotatable bonds is 2. The van der Waals surface area contributed by atoms with Crippen molar-refractivity contribution in [1.82, 2.24) is 4.98 Å². The van der Waals surface area contributed by atoms with Crippen LogP contribution >= 0.6 is 0 Å². The molecule has 1 aromatic heterocycles. The summed E-state index contributed by atoms with van der Waals surface area (Å²) in [7, 11) is 0. The van der Waals surface area contributed by atoms with Crippen molar-refractivity contribution in [2.75, 3.05) is 5.32 Å². The van der Waals surface area contributed by atoms with Crippen LogP contribution in [0, 0.1) is 0 Å². The Morgan fingerprint density at radius 3 is 2.43 bits per heavy atom. The molecule has 0 saturated carbocycles. The van der Waals surface area contributed by atoms with Crippen LogP contribution < -0.4 is 10.9 Å². The number of anilines is 1. The molecule has 7 nitrogen and oxygen atoms in total. The Bertz CT molecular complexity index is 840. The number of aromatic nitrogens is 1. The Morgan fingerprint density at radius 2 is 1.83 bits per heavy atom. The lowest BCUT2D eigenvalue weighted by atomic mass is 10.1. The van der Waals surface area contributed by atoms with Gasteiger partial charge in [-0.15, -0.1) is 0 Å². The maximum absolute atomic E-state index is 12.1. The second-order valence-corrected chi connectivity index (χ2v) is 5.87. The van der Waals surface area contributed by atoms with Gasteiger partial charge >= 0.3 is 12.1 Å². The molecule has 120 valence electrons. The number of nitrogens with zero attached hydrogens (tertiary/aromatic N) is 1. The summed E-state index contributed by atoms with van der Waals surface area (Å²) < 4.78 is 5.08. The molecule has 0 aliphatic heterocycles. The van der Waals surface area contributed by atoms with Crippen molar-refractivity contribution in [3.05, 3.63) is 46.2 Å². The minimum Gasteiger partial charge on any atom is -0.478 e. The van der Waals surface area contributed by atoms with Crippen molar-refractivity contribution in [2.24, 2.45) is 0 Å². The second kappa shape index (κ2) is 6.04. The predicted molar refractivity (Wildman–Crippen MR) is 84.8 cm³/mol. The van der Waals surface area contributed by atoms with E-state index >= 15 is 0 Å². The van der Waals surface area contributed by atoms with Gasteiger partial charge in [0.15, 0.2) is 0 Å². The van der Waals surface area contributed by atoms with Crippen LogP contribution in [-0.2, 0) is 4.74 Å². The van der Waals surface area contributed by atoms with Crippen molar-refractivity contribution < 1.29 is 19.4 Å². The molecule has 2 N–H and O–H groups in total. The second-order valence-electron chi connectivity index (χ2n) is 5.87. The van der Waals surface area contributed by atoms with E-state index in [-0.39, 0.29) is 16.8 Å². The van der Waals surface area contributed by atoms with Gasteiger partial charge in [-0.1, -0.05) is 12.1 Å². The lowest BCUT2D eigenvalue weighted by Gasteiger charge is -2.19. The minimum atomic E-state index is -1.11. The first-order chi connectivity index (χ1) is 10.7. The van der Waals surface area contributed by atoms with Crippen molar-refractivity contribution in [3.63, 3.8) is 0 Å². The number of hydrogen-bond donors (Lipinski definition) is 2. The highest BCUT2D eigenvalue weighted by molar-refractivity contribution is 5.93. The number of aromatic carboxylic acids is 1. The Labute approximate surface area is 131 Å². The van der Waals surface area contributed by atoms with Crippen molar-refractivity contribution >= 4 is 28.7 Å². The van der Waals surface area contributed by atoms with E-state index in [1.807, 2.05) is 0 Å². The third-order valence-corrected chi connectivity index (χ3v) is 2.79. The van der Waals surface area contributed by atoms with E-state index in [0.29, 0.717) is 5.39 Å². The Morgan fingerprint density at radius 1 is 1.17 bits per heavy atom. The van der Waals surface area contributed by atoms with E-state index in [1.165, 1.54) is 18.2 Å². The maximum Gasteiger partial charge on any atom is 0.412 e. The van der Waals surface area contributed by atoms with Crippen LogP contribution in [0.4, 0.5) is 10.5 Å². The molecule has 7 heteroatoms. The van der Waals surface area contributed by atoms with Gasteiger partial charge in [0, 0.05) is 5.39 Å². The molecule has 0 saturated heterocycles. The Hall–Kier alpha value is -2.96. The highest BCUT2D eigenvalue weighted by Crippen LogP contribution is 2.14. The smallest absolute Gasteiger partial charge is 0.412 e. The average Bonchev–Trinajstić information content (AvgIpc) is 2.55. The number of benzene rings is 1. The molecule has 0 atom stereocenters. The molecule has 23 heavy (non-hydrogen) atoms. The molecule has 0 spiro atoms. The molecule has 0 radical (unpaired) electrons. The highest BCUT2D eigenvalue weighted by atomic mass is 16.6. The van der Waals surface area contributed by atoms with Gasteiger partial charge in [0.1, 0.15) is 11.3 Å². The number of hydrogen-bond acceptors (Lipinski definition) is 5. The van der Waals surface area contributed by atoms with Crippen molar-refractivity contribution in [3.8, 4) is 0 Å². The monoisotopic (exact) mass is 316 g/mol. The highest BCUT2D eigenvalue weighted by Gasteiger charge is 2.17. The summed E-state index contributed by atoms with van der Waals surface area (Å²) in [4.78, 5) is 38.6. The number of carboxylic acids is 1. The van der Waals surface area contributed by atoms with Crippen molar-refractivity contribution in [1.29, 1.82) is 0 Å². The van der Waals surface area contributed by atoms with E-state index < -0.39 is 23.2 Å². The fourth-order valence-electron chi connectivity index (χ4n) is 1.84. The summed E-state index contributed by atoms with van der Waals surface area (Å²) >= 11 is 0. The summed E-state index contributed by atoms with van der Waals surface area (Å²) in [6.45, 7) is 5.11. The number of amides is 1. The largest absolute Gasteiger partial charge is 0.478 e. The number of carboxylic acid groups (broad SMARTS) is 1. The van der Waals surface area contributed by atoms with Gasteiger partial charge in [-0.3, -0.25) is 10.1 Å². The molecular weight excluding hydrogens is 300 g/mol. The fourth-order valence-corrected chi connectivity index (χ4v) is 1.84. The minimum absolute atomic E-state index is 0.0252. The zero-order chi connectivity index (χ0) is 17.2. The lowest BCUT2D eigenvalue weighted by Crippen LogP contribution is -2.28. The molecule has 0 aliphatic carbocycles. The van der Waals surface area contributed by atoms with E-state index in [1.54, 1.807) is 32.9 Å². The zero-order valence-corrected chi connectivity index (χ0v) is 12.9. The average molecular weight is 316 g/mol. The summed E-state index contributed by atoms with van der Waals surface area (Å²) in [6, 6.07) is 7.24. The van der Waals surface area contributed by atoms with Gasteiger partial charge < -0.3 is 9.84 Å². The summed E-state index contributed by atoms with van der Waals surface area (Å²) in [6.07, 6.45) is -0.766. The van der Waals surface area contributed by atoms with Crippen LogP contribution in [0.1, 0.15) is 31.1 Å². The van der Waals surface area contributed by atoms with E-state index in [0.717, 1.165) is 0 Å². The van der Waals surface area contributed by atoms with Gasteiger partial charge in [0.05, 0.1) is 11.1 Å². The van der Waals surface area contributed by atoms with E-state index in [9.17, 15) is 14.4 Å². The van der Waals surface area contributed by atoms with Crippen LogP contribution in [0.25, 0.3) is 10.9 Å². The molecule has 0 unspecified atom stereocenters. The molecule has 0 bridgehead atoms. The van der Waals surface area contributed by atoms with Gasteiger partial charge in [-0.2, -0.15) is 0 Å². The van der Waals surface area contributed by atoms with Gasteiger partial charge in [0.2, 0.25) is 0 Å². The third kappa shape index (κ3) is 4.26. The Balaban J connectivity index is 2.41. The van der Waals surface area contributed by atoms with Crippen LogP contribution in [0.3, 0.4) is 0 Å². The number of ether oxygens (including phenoxy) is 1. The third-order valence-electron chi connectivity index (χ3n) is 2.79. The van der Waals surface area contributed by atoms with Gasteiger partial charge in [0.25, 0.3) is 5.56 Å². The number of carbonyl (C=O) groups is 2. The fraction of sp³-hybridized carbons (Fsp3) is 0.250. The van der Waals surface area contributed by atoms with E-state index in [4.69, 9.17) is 9.84 Å². The zero-order valence-electron chi connectivity index (χ0n) is 12.9. The van der Waals surface area contributed by atoms with E-state index in [2.05, 4.69) is 10.3 Å². The first kappa shape index (κ1) is 16.4. The maximum atomic E-state index is 12.1. The Kier molecular flexibility index (Phi) is 4.31. The summed E-state index contributed by atoms with van der Waals surface area (Å²) in [5.41, 5.74) is -1.18. The van der Waals surface area contributed by atoms with Gasteiger partial charge in [-0.05, 0) is 39.0 Å². The molecule has 1 heterocycles. The van der Waals surface area contributed by atoms with Crippen LogP contribution in [0.15, 0.2) is 35.1 Å². The standard InChI is InChI=1S/C16H16N2O5/c1-16(2,3)23-15(22)18-11-7-6-9-4-5-10(14(20)21)8-12(9)17-13(11)19/h4-8H,1-3H3,(H,20,21)(H,17,18,19,22). The van der Waals surface area contributed by atoms with Crippen LogP contribution in [0.2, 0.25) is 0 Å². The quantitative estimate of drug-likeness (QED) is 0.882. The lowest BCUT2D eigenvalue weighted by molar-refractivity contribution is 0.0634. The molecule has 2 aromatic rings. The topological polar surface area (TPSA) is 106 Å². The first-order valence-electron chi connectivity index (χ1n) is 6.84. The summed E-state index contributed by atoms with van der Waals surface area (Å²) in [5, 5.41) is 11.9. The molecular formula is C16H16N2O5. The summed E-state index contributed by atoms with van der Waals surface area (Å²) in [5.74, 6) is -1.11. The van der Waals surface area contributed by atoms with Crippen molar-refractivity contribution in [2.45, 2.75) is 26.4 Å². The predicted octanol–water partition coefficient (Wildman–Crippen LogP) is 2.64. The number of nitrogens with one attached hydrogen (secondary N) is 1. The first-order valence-corrected chi connectivity index (χ1v) is 6.84.